The topological polar surface area (TPSA) is 71.4 Å². The summed E-state index contributed by atoms with van der Waals surface area (Å²) in [5.74, 6) is 0.460. The van der Waals surface area contributed by atoms with Gasteiger partial charge in [0.25, 0.3) is 0 Å². The molecule has 4 nitrogen and oxygen atoms in total. The number of carbonyl (C=O) groups is 3. The van der Waals surface area contributed by atoms with Gasteiger partial charge in [-0.05, 0) is 61.0 Å². The lowest BCUT2D eigenvalue weighted by Gasteiger charge is -2.57. The van der Waals surface area contributed by atoms with Crippen LogP contribution >= 0.6 is 0 Å². The van der Waals surface area contributed by atoms with Gasteiger partial charge in [0.15, 0.2) is 11.6 Å². The molecule has 0 saturated heterocycles. The van der Waals surface area contributed by atoms with Gasteiger partial charge in [0.1, 0.15) is 11.4 Å². The molecule has 4 aliphatic rings. The second-order valence-corrected chi connectivity index (χ2v) is 10.9. The maximum absolute atomic E-state index is 13.7. The fourth-order valence-corrected chi connectivity index (χ4v) is 7.77. The lowest BCUT2D eigenvalue weighted by molar-refractivity contribution is -0.168. The van der Waals surface area contributed by atoms with Crippen molar-refractivity contribution in [3.8, 4) is 0 Å². The van der Waals surface area contributed by atoms with E-state index in [0.29, 0.717) is 12.8 Å². The lowest BCUT2D eigenvalue weighted by Crippen LogP contribution is -2.60. The van der Waals surface area contributed by atoms with Crippen molar-refractivity contribution in [2.24, 2.45) is 28.6 Å². The number of carbonyl (C=O) groups excluding carboxylic acids is 3. The van der Waals surface area contributed by atoms with E-state index in [2.05, 4.69) is 6.92 Å². The summed E-state index contributed by atoms with van der Waals surface area (Å²) in [6.07, 6.45) is 6.46. The van der Waals surface area contributed by atoms with E-state index < -0.39 is 11.0 Å². The zero-order valence-electron chi connectivity index (χ0n) is 18.5. The molecule has 6 atom stereocenters. The number of fused-ring (bicyclic) bond motifs is 5. The number of rotatable bonds is 3. The van der Waals surface area contributed by atoms with Crippen molar-refractivity contribution in [3.63, 3.8) is 0 Å². The monoisotopic (exact) mass is 420 g/mol. The number of ketones is 3. The second-order valence-electron chi connectivity index (χ2n) is 10.9. The molecule has 1 N–H and O–H groups in total. The zero-order chi connectivity index (χ0) is 22.0. The molecular formula is C27H32O4. The van der Waals surface area contributed by atoms with E-state index in [1.807, 2.05) is 37.3 Å². The summed E-state index contributed by atoms with van der Waals surface area (Å²) in [4.78, 5) is 39.0. The lowest BCUT2D eigenvalue weighted by atomic mass is 9.46. The van der Waals surface area contributed by atoms with Gasteiger partial charge in [0.05, 0.1) is 0 Å². The van der Waals surface area contributed by atoms with Crippen LogP contribution in [-0.2, 0) is 20.8 Å². The Bertz CT molecular complexity index is 978. The third-order valence-corrected chi connectivity index (χ3v) is 9.48. The minimum atomic E-state index is -1.45. The van der Waals surface area contributed by atoms with Crippen LogP contribution in [0.2, 0.25) is 0 Å². The van der Waals surface area contributed by atoms with E-state index in [4.69, 9.17) is 0 Å². The van der Waals surface area contributed by atoms with E-state index in [0.717, 1.165) is 36.8 Å². The third-order valence-electron chi connectivity index (χ3n) is 9.48. The quantitative estimate of drug-likeness (QED) is 0.794. The first-order valence-corrected chi connectivity index (χ1v) is 11.8. The van der Waals surface area contributed by atoms with E-state index >= 15 is 0 Å². The molecule has 4 heteroatoms. The maximum Gasteiger partial charge on any atom is 0.169 e. The number of aliphatic hydroxyl groups is 1. The summed E-state index contributed by atoms with van der Waals surface area (Å²) in [6.45, 7) is 4.16. The minimum Gasteiger partial charge on any atom is -0.381 e. The van der Waals surface area contributed by atoms with Gasteiger partial charge in [-0.1, -0.05) is 49.8 Å². The van der Waals surface area contributed by atoms with Crippen LogP contribution in [0.4, 0.5) is 0 Å². The maximum atomic E-state index is 13.7. The molecule has 164 valence electrons. The molecule has 4 aliphatic carbocycles. The van der Waals surface area contributed by atoms with E-state index in [1.165, 1.54) is 0 Å². The van der Waals surface area contributed by atoms with Crippen LogP contribution in [0.5, 0.6) is 0 Å². The first-order valence-electron chi connectivity index (χ1n) is 11.8. The van der Waals surface area contributed by atoms with E-state index in [1.54, 1.807) is 6.08 Å². The highest BCUT2D eigenvalue weighted by molar-refractivity contribution is 5.94. The van der Waals surface area contributed by atoms with Crippen LogP contribution in [0.25, 0.3) is 0 Å². The van der Waals surface area contributed by atoms with Crippen LogP contribution in [0, 0.1) is 28.6 Å². The molecule has 0 aromatic heterocycles. The SMILES string of the molecule is C[C@]12CCC(=O)C=C1CC[C@@H]1[C@@H]2C(=O)C[C@@]2(C)[C@H]1CC[C@]2(O)C(=O)Cc1ccccc1. The molecule has 0 aliphatic heterocycles. The molecule has 0 bridgehead atoms. The molecule has 0 amide bonds. The van der Waals surface area contributed by atoms with Gasteiger partial charge in [0.2, 0.25) is 0 Å². The van der Waals surface area contributed by atoms with E-state index in [9.17, 15) is 19.5 Å². The summed E-state index contributed by atoms with van der Waals surface area (Å²) in [5.41, 5.74) is -0.355. The Morgan fingerprint density at radius 2 is 1.81 bits per heavy atom. The molecule has 0 heterocycles. The Morgan fingerprint density at radius 3 is 2.55 bits per heavy atom. The number of benzene rings is 1. The summed E-state index contributed by atoms with van der Waals surface area (Å²) in [5, 5.41) is 11.8. The fraction of sp³-hybridized carbons (Fsp3) is 0.593. The Balaban J connectivity index is 1.47. The zero-order valence-corrected chi connectivity index (χ0v) is 18.5. The fourth-order valence-electron chi connectivity index (χ4n) is 7.77. The van der Waals surface area contributed by atoms with Crippen LogP contribution in [-0.4, -0.2) is 28.1 Å². The smallest absolute Gasteiger partial charge is 0.169 e. The highest BCUT2D eigenvalue weighted by atomic mass is 16.3. The second kappa shape index (κ2) is 6.96. The largest absolute Gasteiger partial charge is 0.381 e. The standard InChI is InChI=1S/C27H32O4/c1-25-12-10-19(28)15-18(25)8-9-20-21-11-13-27(31,26(21,2)16-22(29)24(20)25)23(30)14-17-6-4-3-5-7-17/h3-7,15,20-21,24,31H,8-14,16H2,1-2H3/t20-,21-,24+,25-,26-,27-/m0/s1. The van der Waals surface area contributed by atoms with Crippen molar-refractivity contribution in [2.75, 3.05) is 0 Å². The molecule has 1 aromatic carbocycles. The van der Waals surface area contributed by atoms with Crippen LogP contribution in [0.15, 0.2) is 42.0 Å². The van der Waals surface area contributed by atoms with Crippen molar-refractivity contribution in [2.45, 2.75) is 70.8 Å². The molecule has 0 unspecified atom stereocenters. The van der Waals surface area contributed by atoms with Gasteiger partial charge >= 0.3 is 0 Å². The predicted molar refractivity (Wildman–Crippen MR) is 117 cm³/mol. The number of allylic oxidation sites excluding steroid dienone is 1. The summed E-state index contributed by atoms with van der Waals surface area (Å²) < 4.78 is 0. The van der Waals surface area contributed by atoms with Gasteiger partial charge in [-0.15, -0.1) is 0 Å². The van der Waals surface area contributed by atoms with Gasteiger partial charge in [-0.2, -0.15) is 0 Å². The van der Waals surface area contributed by atoms with Gasteiger partial charge in [0, 0.05) is 30.6 Å². The minimum absolute atomic E-state index is 0.0924. The predicted octanol–water partition coefficient (Wildman–Crippen LogP) is 4.24. The number of hydrogen-bond acceptors (Lipinski definition) is 4. The van der Waals surface area contributed by atoms with Gasteiger partial charge in [-0.25, -0.2) is 0 Å². The normalized spacial score (nSPS) is 41.8. The molecule has 5 rings (SSSR count). The Hall–Kier alpha value is -2.07. The number of Topliss-reactive ketones (excluding diaryl/α,β-unsaturated/α-hetero) is 2. The summed E-state index contributed by atoms with van der Waals surface area (Å²) in [7, 11) is 0. The molecular weight excluding hydrogens is 388 g/mol. The first kappa shape index (κ1) is 20.8. The molecule has 3 saturated carbocycles. The Morgan fingerprint density at radius 1 is 1.06 bits per heavy atom. The molecule has 0 spiro atoms. The third kappa shape index (κ3) is 2.87. The Kier molecular flexibility index (Phi) is 4.68. The van der Waals surface area contributed by atoms with E-state index in [-0.39, 0.29) is 53.4 Å². The highest BCUT2D eigenvalue weighted by Crippen LogP contribution is 2.66. The van der Waals surface area contributed by atoms with Crippen molar-refractivity contribution in [1.29, 1.82) is 0 Å². The van der Waals surface area contributed by atoms with Gasteiger partial charge in [-0.3, -0.25) is 14.4 Å². The summed E-state index contributed by atoms with van der Waals surface area (Å²) >= 11 is 0. The Labute approximate surface area is 184 Å². The van der Waals surface area contributed by atoms with Crippen LogP contribution in [0.3, 0.4) is 0 Å². The number of hydrogen-bond donors (Lipinski definition) is 1. The average molecular weight is 421 g/mol. The van der Waals surface area contributed by atoms with Crippen LogP contribution in [0.1, 0.15) is 64.4 Å². The average Bonchev–Trinajstić information content (AvgIpc) is 3.00. The van der Waals surface area contributed by atoms with Crippen molar-refractivity contribution in [1.82, 2.24) is 0 Å². The molecule has 0 radical (unpaired) electrons. The van der Waals surface area contributed by atoms with Crippen LogP contribution < -0.4 is 0 Å². The highest BCUT2D eigenvalue weighted by Gasteiger charge is 2.68. The molecule has 1 aromatic rings. The molecule has 3 fully saturated rings. The van der Waals surface area contributed by atoms with Gasteiger partial charge < -0.3 is 5.11 Å². The molecule has 31 heavy (non-hydrogen) atoms. The van der Waals surface area contributed by atoms with Crippen molar-refractivity contribution in [3.05, 3.63) is 47.5 Å². The summed E-state index contributed by atoms with van der Waals surface area (Å²) in [6, 6.07) is 9.56. The van der Waals surface area contributed by atoms with Crippen molar-refractivity contribution >= 4 is 17.3 Å². The van der Waals surface area contributed by atoms with Crippen molar-refractivity contribution < 1.29 is 19.5 Å². The first-order chi connectivity index (χ1) is 14.7.